The van der Waals surface area contributed by atoms with E-state index in [1.165, 1.54) is 0 Å². The molecule has 1 aromatic rings. The fourth-order valence-electron chi connectivity index (χ4n) is 1.31. The van der Waals surface area contributed by atoms with Crippen LogP contribution in [0.5, 0.6) is 5.88 Å². The molecular formula is C6H6N3O5P. The number of hydrogen-bond donors (Lipinski definition) is 2. The minimum atomic E-state index is -3.55. The van der Waals surface area contributed by atoms with Crippen molar-refractivity contribution in [2.45, 2.75) is 12.9 Å². The van der Waals surface area contributed by atoms with Crippen molar-refractivity contribution < 1.29 is 23.2 Å². The van der Waals surface area contributed by atoms with E-state index in [4.69, 9.17) is 24.4 Å². The van der Waals surface area contributed by atoms with Crippen molar-refractivity contribution in [3.8, 4) is 5.88 Å². The van der Waals surface area contributed by atoms with Crippen LogP contribution in [0.3, 0.4) is 0 Å². The second-order valence-electron chi connectivity index (χ2n) is 2.99. The molecule has 0 amide bonds. The maximum atomic E-state index is 11.5. The van der Waals surface area contributed by atoms with Crippen LogP contribution in [-0.2, 0) is 20.2 Å². The van der Waals surface area contributed by atoms with Crippen LogP contribution in [0.1, 0.15) is 17.7 Å². The molecule has 1 aromatic heterocycles. The Morgan fingerprint density at radius 1 is 1.47 bits per heavy atom. The summed E-state index contributed by atoms with van der Waals surface area (Å²) in [5.41, 5.74) is 5.72. The molecule has 4 bridgehead atoms. The molecule has 4 heterocycles. The van der Waals surface area contributed by atoms with Gasteiger partial charge in [0, 0.05) is 0 Å². The van der Waals surface area contributed by atoms with Gasteiger partial charge in [-0.25, -0.2) is 18.6 Å². The fraction of sp³-hybridized carbons (Fsp3) is 0.333. The van der Waals surface area contributed by atoms with Crippen LogP contribution in [0.15, 0.2) is 0 Å². The predicted molar refractivity (Wildman–Crippen MR) is 45.5 cm³/mol. The van der Waals surface area contributed by atoms with Crippen molar-refractivity contribution >= 4 is 13.6 Å². The van der Waals surface area contributed by atoms with Gasteiger partial charge in [-0.1, -0.05) is 0 Å². The van der Waals surface area contributed by atoms with Gasteiger partial charge >= 0.3 is 7.82 Å². The Balaban J connectivity index is 2.20. The van der Waals surface area contributed by atoms with Crippen LogP contribution in [0.2, 0.25) is 0 Å². The summed E-state index contributed by atoms with van der Waals surface area (Å²) in [5.74, 6) is 0.150. The number of rotatable bonds is 1. The summed E-state index contributed by atoms with van der Waals surface area (Å²) in [6.45, 7) is -0.411. The van der Waals surface area contributed by atoms with Crippen molar-refractivity contribution in [2.24, 2.45) is 0 Å². The van der Waals surface area contributed by atoms with E-state index in [0.29, 0.717) is 0 Å². The number of aliphatic hydroxyl groups excluding tert-OH is 1. The summed E-state index contributed by atoms with van der Waals surface area (Å²) in [5, 5.41) is 9.01. The molecule has 3 N–H and O–H groups in total. The normalized spacial score (nSPS) is 31.4. The maximum absolute atomic E-state index is 11.5. The van der Waals surface area contributed by atoms with E-state index in [-0.39, 0.29) is 23.1 Å². The summed E-state index contributed by atoms with van der Waals surface area (Å²) in [6, 6.07) is 0. The number of hydrogen-bond acceptors (Lipinski definition) is 8. The summed E-state index contributed by atoms with van der Waals surface area (Å²) in [6.07, 6.45) is -0.896. The highest BCUT2D eigenvalue weighted by molar-refractivity contribution is 7.50. The van der Waals surface area contributed by atoms with Gasteiger partial charge < -0.3 is 15.4 Å². The average molecular weight is 231 g/mol. The number of nitrogen functional groups attached to an aromatic ring is 1. The Morgan fingerprint density at radius 2 is 2.20 bits per heavy atom. The van der Waals surface area contributed by atoms with E-state index in [2.05, 4.69) is 9.97 Å². The lowest BCUT2D eigenvalue weighted by Gasteiger charge is -2.28. The van der Waals surface area contributed by atoms with Gasteiger partial charge in [-0.15, -0.1) is 0 Å². The first-order valence-corrected chi connectivity index (χ1v) is 5.51. The molecule has 0 aromatic carbocycles. The minimum absolute atomic E-state index is 0.0525. The Bertz CT molecular complexity index is 482. The number of phosphoric acid groups is 1. The SMILES string of the molecule is Nc1nc2nc(c1CO)OP1(=O)OC2O1. The molecule has 15 heavy (non-hydrogen) atoms. The first-order chi connectivity index (χ1) is 7.11. The zero-order valence-electron chi connectivity index (χ0n) is 7.28. The molecule has 9 heteroatoms. The van der Waals surface area contributed by atoms with Crippen LogP contribution in [0.25, 0.3) is 0 Å². The Morgan fingerprint density at radius 3 is 2.87 bits per heavy atom. The van der Waals surface area contributed by atoms with Gasteiger partial charge in [0.15, 0.2) is 5.82 Å². The average Bonchev–Trinajstić information content (AvgIpc) is 2.29. The number of aromatic nitrogens is 2. The van der Waals surface area contributed by atoms with E-state index in [1.54, 1.807) is 0 Å². The second kappa shape index (κ2) is 2.67. The smallest absolute Gasteiger partial charge is 0.391 e. The first-order valence-electron chi connectivity index (χ1n) is 4.05. The van der Waals surface area contributed by atoms with Gasteiger partial charge in [-0.3, -0.25) is 0 Å². The molecule has 4 rings (SSSR count). The summed E-state index contributed by atoms with van der Waals surface area (Å²) < 4.78 is 26.1. The predicted octanol–water partition coefficient (Wildman–Crippen LogP) is 0.0970. The van der Waals surface area contributed by atoms with Crippen LogP contribution in [0, 0.1) is 0 Å². The summed E-state index contributed by atoms with van der Waals surface area (Å²) in [4.78, 5) is 7.72. The van der Waals surface area contributed by atoms with E-state index in [0.717, 1.165) is 0 Å². The second-order valence-corrected chi connectivity index (χ2v) is 4.49. The van der Waals surface area contributed by atoms with Gasteiger partial charge in [-0.2, -0.15) is 4.98 Å². The molecule has 0 atom stereocenters. The largest absolute Gasteiger partial charge is 0.536 e. The van der Waals surface area contributed by atoms with Crippen molar-refractivity contribution in [1.29, 1.82) is 0 Å². The first kappa shape index (κ1) is 9.05. The van der Waals surface area contributed by atoms with E-state index in [1.807, 2.05) is 0 Å². The maximum Gasteiger partial charge on any atom is 0.536 e. The third-order valence-electron chi connectivity index (χ3n) is 2.04. The minimum Gasteiger partial charge on any atom is -0.391 e. The van der Waals surface area contributed by atoms with Gasteiger partial charge in [0.05, 0.1) is 12.2 Å². The third kappa shape index (κ3) is 1.16. The summed E-state index contributed by atoms with van der Waals surface area (Å²) >= 11 is 0. The third-order valence-corrected chi connectivity index (χ3v) is 3.33. The molecular weight excluding hydrogens is 225 g/mol. The zero-order valence-corrected chi connectivity index (χ0v) is 8.18. The van der Waals surface area contributed by atoms with Gasteiger partial charge in [0.1, 0.15) is 5.82 Å². The van der Waals surface area contributed by atoms with Crippen LogP contribution in [-0.4, -0.2) is 15.1 Å². The van der Waals surface area contributed by atoms with Gasteiger partial charge in [0.2, 0.25) is 12.2 Å². The molecule has 3 aliphatic heterocycles. The molecule has 1 fully saturated rings. The number of anilines is 1. The number of nitrogens with zero attached hydrogens (tertiary/aromatic N) is 2. The number of aliphatic hydroxyl groups is 1. The lowest BCUT2D eigenvalue weighted by atomic mass is 10.3. The topological polar surface area (TPSA) is 117 Å². The van der Waals surface area contributed by atoms with E-state index < -0.39 is 20.7 Å². The van der Waals surface area contributed by atoms with Crippen LogP contribution < -0.4 is 10.3 Å². The van der Waals surface area contributed by atoms with Crippen LogP contribution >= 0.6 is 7.82 Å². The Labute approximate surface area is 83.6 Å². The Kier molecular flexibility index (Phi) is 1.61. The van der Waals surface area contributed by atoms with Crippen molar-refractivity contribution in [2.75, 3.05) is 5.73 Å². The van der Waals surface area contributed by atoms with Crippen molar-refractivity contribution in [1.82, 2.24) is 9.97 Å². The monoisotopic (exact) mass is 231 g/mol. The molecule has 0 radical (unpaired) electrons. The molecule has 80 valence electrons. The molecule has 1 saturated heterocycles. The lowest BCUT2D eigenvalue weighted by molar-refractivity contribution is -0.118. The number of nitrogens with two attached hydrogens (primary N) is 1. The lowest BCUT2D eigenvalue weighted by Crippen LogP contribution is -2.19. The standard InChI is InChI=1S/C6H6N3O5P/c7-3-2(1-10)5-9-4(8-3)6-13-15(11,12-5)14-6/h6,10H,1H2,(H2,7,8,9). The van der Waals surface area contributed by atoms with E-state index in [9.17, 15) is 4.57 Å². The van der Waals surface area contributed by atoms with Crippen molar-refractivity contribution in [3.05, 3.63) is 11.4 Å². The number of phosphoric ester groups is 1. The molecule has 0 spiro atoms. The van der Waals surface area contributed by atoms with E-state index >= 15 is 0 Å². The highest BCUT2D eigenvalue weighted by atomic mass is 31.2. The fourth-order valence-corrected chi connectivity index (χ4v) is 2.43. The van der Waals surface area contributed by atoms with Gasteiger partial charge in [-0.05, 0) is 0 Å². The molecule has 0 unspecified atom stereocenters. The van der Waals surface area contributed by atoms with Crippen LogP contribution in [0.4, 0.5) is 5.82 Å². The van der Waals surface area contributed by atoms with Gasteiger partial charge in [0.25, 0.3) is 0 Å². The Hall–Kier alpha value is -1.21. The zero-order chi connectivity index (χ0) is 10.6. The molecule has 0 aliphatic carbocycles. The highest BCUT2D eigenvalue weighted by Gasteiger charge is 2.52. The quantitative estimate of drug-likeness (QED) is 0.653. The molecule has 0 saturated carbocycles. The van der Waals surface area contributed by atoms with Crippen molar-refractivity contribution in [3.63, 3.8) is 0 Å². The molecule has 3 aliphatic rings. The highest BCUT2D eigenvalue weighted by Crippen LogP contribution is 2.66. The molecule has 8 nitrogen and oxygen atoms in total. The summed E-state index contributed by atoms with van der Waals surface area (Å²) in [7, 11) is -3.55.